The maximum Gasteiger partial charge on any atom is 0.407 e. The summed E-state index contributed by atoms with van der Waals surface area (Å²) in [4.78, 5) is 35.1. The van der Waals surface area contributed by atoms with Gasteiger partial charge in [0.25, 0.3) is 0 Å². The number of ether oxygens (including phenoxy) is 3. The molecule has 0 heterocycles. The second-order valence-electron chi connectivity index (χ2n) is 7.55. The van der Waals surface area contributed by atoms with Crippen LogP contribution in [0.4, 0.5) is 4.79 Å². The quantitative estimate of drug-likeness (QED) is 0.373. The highest BCUT2D eigenvalue weighted by Gasteiger charge is 2.20. The molecule has 154 valence electrons. The normalized spacial score (nSPS) is 16.4. The van der Waals surface area contributed by atoms with Crippen LogP contribution in [0.15, 0.2) is 12.2 Å². The zero-order chi connectivity index (χ0) is 20.2. The Bertz CT molecular complexity index is 509. The third-order valence-electron chi connectivity index (χ3n) is 4.40. The Kier molecular flexibility index (Phi) is 10.5. The standard InChI is InChI=1S/C20H33NO6/c1-14(2)17(13-25-18(22)10-11-19(23)27-15(3)4)21-20(24)26-12-16-8-6-5-7-9-16/h10-11,14-17H,5-9,12-13H2,1-4H3,(H,21,24)/b11-10+/t17-/m0/s1. The summed E-state index contributed by atoms with van der Waals surface area (Å²) >= 11 is 0. The molecular weight excluding hydrogens is 350 g/mol. The molecule has 0 aromatic heterocycles. The molecule has 0 aromatic carbocycles. The molecule has 0 spiro atoms. The Morgan fingerprint density at radius 2 is 1.59 bits per heavy atom. The van der Waals surface area contributed by atoms with E-state index in [2.05, 4.69) is 5.32 Å². The second kappa shape index (κ2) is 12.4. The van der Waals surface area contributed by atoms with E-state index in [9.17, 15) is 14.4 Å². The minimum atomic E-state index is -0.668. The van der Waals surface area contributed by atoms with Crippen LogP contribution in [-0.2, 0) is 23.8 Å². The predicted octanol–water partition coefficient (Wildman–Crippen LogP) is 3.37. The van der Waals surface area contributed by atoms with Gasteiger partial charge in [0.15, 0.2) is 0 Å². The topological polar surface area (TPSA) is 90.9 Å². The summed E-state index contributed by atoms with van der Waals surface area (Å²) in [5.74, 6) is -0.781. The van der Waals surface area contributed by atoms with Gasteiger partial charge in [0.1, 0.15) is 6.61 Å². The monoisotopic (exact) mass is 383 g/mol. The highest BCUT2D eigenvalue weighted by Crippen LogP contribution is 2.23. The van der Waals surface area contributed by atoms with E-state index in [1.807, 2.05) is 13.8 Å². The van der Waals surface area contributed by atoms with Crippen molar-refractivity contribution in [1.29, 1.82) is 0 Å². The van der Waals surface area contributed by atoms with Crippen LogP contribution in [0.25, 0.3) is 0 Å². The van der Waals surface area contributed by atoms with Crippen molar-refractivity contribution in [1.82, 2.24) is 5.32 Å². The van der Waals surface area contributed by atoms with Crippen molar-refractivity contribution in [3.05, 3.63) is 12.2 Å². The molecule has 1 atom stereocenters. The highest BCUT2D eigenvalue weighted by molar-refractivity contribution is 5.91. The number of carbonyl (C=O) groups excluding carboxylic acids is 3. The molecule has 0 aliphatic heterocycles. The van der Waals surface area contributed by atoms with Gasteiger partial charge in [0.05, 0.1) is 18.8 Å². The van der Waals surface area contributed by atoms with E-state index in [4.69, 9.17) is 14.2 Å². The Labute approximate surface area is 161 Å². The summed E-state index contributed by atoms with van der Waals surface area (Å²) < 4.78 is 15.3. The summed E-state index contributed by atoms with van der Waals surface area (Å²) in [6, 6.07) is -0.371. The lowest BCUT2D eigenvalue weighted by Gasteiger charge is -2.24. The van der Waals surface area contributed by atoms with Crippen LogP contribution in [0.3, 0.4) is 0 Å². The summed E-state index contributed by atoms with van der Waals surface area (Å²) in [5.41, 5.74) is 0. The largest absolute Gasteiger partial charge is 0.460 e. The van der Waals surface area contributed by atoms with E-state index in [1.165, 1.54) is 19.3 Å². The molecule has 1 aliphatic carbocycles. The van der Waals surface area contributed by atoms with Crippen molar-refractivity contribution in [2.75, 3.05) is 13.2 Å². The molecule has 1 aliphatic rings. The lowest BCUT2D eigenvalue weighted by atomic mass is 9.90. The van der Waals surface area contributed by atoms with Gasteiger partial charge in [0.2, 0.25) is 0 Å². The molecular formula is C20H33NO6. The number of amides is 1. The van der Waals surface area contributed by atoms with E-state index in [0.29, 0.717) is 12.5 Å². The van der Waals surface area contributed by atoms with Gasteiger partial charge in [-0.3, -0.25) is 0 Å². The number of hydrogen-bond acceptors (Lipinski definition) is 6. The van der Waals surface area contributed by atoms with Crippen molar-refractivity contribution in [3.8, 4) is 0 Å². The van der Waals surface area contributed by atoms with Gasteiger partial charge in [-0.25, -0.2) is 14.4 Å². The van der Waals surface area contributed by atoms with E-state index < -0.39 is 18.0 Å². The number of carbonyl (C=O) groups is 3. The van der Waals surface area contributed by atoms with Crippen molar-refractivity contribution in [3.63, 3.8) is 0 Å². The van der Waals surface area contributed by atoms with Gasteiger partial charge in [-0.15, -0.1) is 0 Å². The molecule has 7 nitrogen and oxygen atoms in total. The molecule has 0 saturated heterocycles. The molecule has 0 unspecified atom stereocenters. The number of rotatable bonds is 9. The van der Waals surface area contributed by atoms with Crippen molar-refractivity contribution in [2.45, 2.75) is 71.9 Å². The lowest BCUT2D eigenvalue weighted by Crippen LogP contribution is -2.43. The molecule has 1 N–H and O–H groups in total. The smallest absolute Gasteiger partial charge is 0.407 e. The van der Waals surface area contributed by atoms with Gasteiger partial charge >= 0.3 is 18.0 Å². The average molecular weight is 383 g/mol. The minimum absolute atomic E-state index is 0.00139. The van der Waals surface area contributed by atoms with E-state index >= 15 is 0 Å². The Morgan fingerprint density at radius 3 is 2.19 bits per heavy atom. The third-order valence-corrected chi connectivity index (χ3v) is 4.40. The number of nitrogens with one attached hydrogen (secondary N) is 1. The predicted molar refractivity (Wildman–Crippen MR) is 101 cm³/mol. The van der Waals surface area contributed by atoms with Gasteiger partial charge < -0.3 is 19.5 Å². The van der Waals surface area contributed by atoms with Crippen LogP contribution in [0.2, 0.25) is 0 Å². The number of esters is 2. The van der Waals surface area contributed by atoms with Gasteiger partial charge in [-0.2, -0.15) is 0 Å². The van der Waals surface area contributed by atoms with Crippen LogP contribution >= 0.6 is 0 Å². The van der Waals surface area contributed by atoms with E-state index in [0.717, 1.165) is 25.0 Å². The van der Waals surface area contributed by atoms with Crippen LogP contribution in [-0.4, -0.2) is 43.4 Å². The van der Waals surface area contributed by atoms with Crippen molar-refractivity contribution >= 4 is 18.0 Å². The van der Waals surface area contributed by atoms with Crippen LogP contribution in [0, 0.1) is 11.8 Å². The first-order chi connectivity index (χ1) is 12.8. The van der Waals surface area contributed by atoms with Crippen molar-refractivity contribution < 1.29 is 28.6 Å². The van der Waals surface area contributed by atoms with Gasteiger partial charge in [-0.1, -0.05) is 33.1 Å². The van der Waals surface area contributed by atoms with Crippen LogP contribution in [0.5, 0.6) is 0 Å². The molecule has 1 fully saturated rings. The summed E-state index contributed by atoms with van der Waals surface area (Å²) in [6.07, 6.45) is 7.14. The second-order valence-corrected chi connectivity index (χ2v) is 7.55. The van der Waals surface area contributed by atoms with E-state index in [-0.39, 0.29) is 24.7 Å². The average Bonchev–Trinajstić information content (AvgIpc) is 2.61. The Morgan fingerprint density at radius 1 is 0.963 bits per heavy atom. The van der Waals surface area contributed by atoms with E-state index in [1.54, 1.807) is 13.8 Å². The molecule has 0 radical (unpaired) electrons. The first-order valence-corrected chi connectivity index (χ1v) is 9.76. The third kappa shape index (κ3) is 10.6. The molecule has 7 heteroatoms. The maximum atomic E-state index is 12.0. The SMILES string of the molecule is CC(C)OC(=O)/C=C/C(=O)OC[C@H](NC(=O)OCC1CCCCC1)C(C)C. The highest BCUT2D eigenvalue weighted by atomic mass is 16.6. The maximum absolute atomic E-state index is 12.0. The van der Waals surface area contributed by atoms with Crippen LogP contribution < -0.4 is 5.32 Å². The zero-order valence-corrected chi connectivity index (χ0v) is 16.9. The van der Waals surface area contributed by atoms with Gasteiger partial charge in [0, 0.05) is 12.2 Å². The zero-order valence-electron chi connectivity index (χ0n) is 16.9. The fourth-order valence-corrected chi connectivity index (χ4v) is 2.77. The minimum Gasteiger partial charge on any atom is -0.460 e. The Hall–Kier alpha value is -2.05. The Balaban J connectivity index is 2.35. The first-order valence-electron chi connectivity index (χ1n) is 9.76. The summed E-state index contributed by atoms with van der Waals surface area (Å²) in [5, 5.41) is 2.75. The number of hydrogen-bond donors (Lipinski definition) is 1. The molecule has 0 bridgehead atoms. The molecule has 1 saturated carbocycles. The first kappa shape index (κ1) is 23.0. The lowest BCUT2D eigenvalue weighted by molar-refractivity contribution is -0.143. The fraction of sp³-hybridized carbons (Fsp3) is 0.750. The van der Waals surface area contributed by atoms with Crippen LogP contribution in [0.1, 0.15) is 59.8 Å². The van der Waals surface area contributed by atoms with Crippen molar-refractivity contribution in [2.24, 2.45) is 11.8 Å². The summed E-state index contributed by atoms with van der Waals surface area (Å²) in [6.45, 7) is 7.69. The fourth-order valence-electron chi connectivity index (χ4n) is 2.77. The number of alkyl carbamates (subject to hydrolysis) is 1. The molecule has 27 heavy (non-hydrogen) atoms. The van der Waals surface area contributed by atoms with Gasteiger partial charge in [-0.05, 0) is 38.5 Å². The summed E-state index contributed by atoms with van der Waals surface area (Å²) in [7, 11) is 0. The molecule has 0 aromatic rings. The molecule has 1 rings (SSSR count). The molecule has 1 amide bonds.